The van der Waals surface area contributed by atoms with Crippen molar-refractivity contribution in [2.24, 2.45) is 0 Å². The van der Waals surface area contributed by atoms with Crippen molar-refractivity contribution in [1.29, 1.82) is 0 Å². The molecule has 0 heterocycles. The van der Waals surface area contributed by atoms with E-state index in [1.807, 2.05) is 0 Å². The Morgan fingerprint density at radius 1 is 1.33 bits per heavy atom. The molecule has 66 valence electrons. The zero-order chi connectivity index (χ0) is 8.81. The summed E-state index contributed by atoms with van der Waals surface area (Å²) in [4.78, 5) is 0. The van der Waals surface area contributed by atoms with Gasteiger partial charge < -0.3 is 4.43 Å². The van der Waals surface area contributed by atoms with Crippen molar-refractivity contribution in [3.8, 4) is 0 Å². The molecule has 1 nitrogen and oxygen atoms in total. The SMILES string of the molecule is CC(CCc1ccccc1)O[SiH3]. The summed E-state index contributed by atoms with van der Waals surface area (Å²) in [6.07, 6.45) is 2.69. The Morgan fingerprint density at radius 3 is 2.58 bits per heavy atom. The summed E-state index contributed by atoms with van der Waals surface area (Å²) in [7, 11) is 0.849. The predicted molar refractivity (Wildman–Crippen MR) is 55.2 cm³/mol. The van der Waals surface area contributed by atoms with Gasteiger partial charge in [-0.3, -0.25) is 0 Å². The molecule has 0 radical (unpaired) electrons. The fourth-order valence-corrected chi connectivity index (χ4v) is 1.37. The number of aryl methyl sites for hydroxylation is 1. The Morgan fingerprint density at radius 2 is 2.00 bits per heavy atom. The zero-order valence-electron chi connectivity index (χ0n) is 7.79. The molecular formula is C10H16OSi. The fourth-order valence-electron chi connectivity index (χ4n) is 1.13. The third-order valence-electron chi connectivity index (χ3n) is 2.08. The summed E-state index contributed by atoms with van der Waals surface area (Å²) < 4.78 is 5.31. The molecule has 2 heteroatoms. The van der Waals surface area contributed by atoms with Gasteiger partial charge in [0.05, 0.1) is 0 Å². The van der Waals surface area contributed by atoms with E-state index in [0.717, 1.165) is 23.3 Å². The van der Waals surface area contributed by atoms with E-state index in [4.69, 9.17) is 4.43 Å². The lowest BCUT2D eigenvalue weighted by atomic mass is 10.1. The summed E-state index contributed by atoms with van der Waals surface area (Å²) in [6, 6.07) is 10.6. The Bertz CT molecular complexity index is 210. The Balaban J connectivity index is 2.33. The third kappa shape index (κ3) is 3.20. The highest BCUT2D eigenvalue weighted by atomic mass is 28.2. The summed E-state index contributed by atoms with van der Waals surface area (Å²) in [5, 5.41) is 0. The summed E-state index contributed by atoms with van der Waals surface area (Å²) in [6.45, 7) is 2.13. The second-order valence-electron chi connectivity index (χ2n) is 3.07. The highest BCUT2D eigenvalue weighted by Crippen LogP contribution is 2.05. The van der Waals surface area contributed by atoms with Gasteiger partial charge in [-0.25, -0.2) is 0 Å². The van der Waals surface area contributed by atoms with Crippen molar-refractivity contribution < 1.29 is 4.43 Å². The molecule has 0 saturated carbocycles. The third-order valence-corrected chi connectivity index (χ3v) is 2.89. The molecule has 12 heavy (non-hydrogen) atoms. The lowest BCUT2D eigenvalue weighted by Crippen LogP contribution is -2.06. The van der Waals surface area contributed by atoms with E-state index >= 15 is 0 Å². The molecule has 0 aliphatic carbocycles. The minimum absolute atomic E-state index is 0.428. The van der Waals surface area contributed by atoms with Crippen LogP contribution in [0.1, 0.15) is 18.9 Å². The molecule has 0 aromatic heterocycles. The smallest absolute Gasteiger partial charge is 0.146 e. The van der Waals surface area contributed by atoms with Gasteiger partial charge in [0.1, 0.15) is 10.5 Å². The molecule has 0 N–H and O–H groups in total. The van der Waals surface area contributed by atoms with Crippen LogP contribution in [0, 0.1) is 0 Å². The maximum absolute atomic E-state index is 5.31. The quantitative estimate of drug-likeness (QED) is 0.635. The van der Waals surface area contributed by atoms with E-state index in [1.54, 1.807) is 0 Å². The van der Waals surface area contributed by atoms with Crippen molar-refractivity contribution in [3.05, 3.63) is 35.9 Å². The molecule has 0 bridgehead atoms. The first-order chi connectivity index (χ1) is 5.83. The second-order valence-corrected chi connectivity index (χ2v) is 3.54. The molecule has 0 spiro atoms. The minimum Gasteiger partial charge on any atom is -0.425 e. The molecule has 1 atom stereocenters. The van der Waals surface area contributed by atoms with Crippen LogP contribution in [0.2, 0.25) is 0 Å². The van der Waals surface area contributed by atoms with E-state index in [9.17, 15) is 0 Å². The summed E-state index contributed by atoms with van der Waals surface area (Å²) >= 11 is 0. The average molecular weight is 180 g/mol. The molecule has 1 unspecified atom stereocenters. The van der Waals surface area contributed by atoms with Crippen LogP contribution < -0.4 is 0 Å². The van der Waals surface area contributed by atoms with Crippen molar-refractivity contribution in [2.75, 3.05) is 0 Å². The summed E-state index contributed by atoms with van der Waals surface area (Å²) in [5.74, 6) is 0. The molecule has 0 aliphatic heterocycles. The van der Waals surface area contributed by atoms with Gasteiger partial charge in [0.2, 0.25) is 0 Å². The Kier molecular flexibility index (Phi) is 4.04. The van der Waals surface area contributed by atoms with Crippen LogP contribution in [-0.2, 0) is 10.8 Å². The van der Waals surface area contributed by atoms with Crippen LogP contribution in [0.15, 0.2) is 30.3 Å². The molecule has 0 amide bonds. The van der Waals surface area contributed by atoms with Crippen LogP contribution in [0.4, 0.5) is 0 Å². The van der Waals surface area contributed by atoms with Gasteiger partial charge >= 0.3 is 0 Å². The van der Waals surface area contributed by atoms with Gasteiger partial charge in [0, 0.05) is 6.10 Å². The topological polar surface area (TPSA) is 9.23 Å². The van der Waals surface area contributed by atoms with Crippen LogP contribution >= 0.6 is 0 Å². The lowest BCUT2D eigenvalue weighted by Gasteiger charge is -2.08. The zero-order valence-corrected chi connectivity index (χ0v) is 9.79. The second kappa shape index (κ2) is 5.12. The Hall–Kier alpha value is -0.603. The largest absolute Gasteiger partial charge is 0.425 e. The van der Waals surface area contributed by atoms with Crippen molar-refractivity contribution in [1.82, 2.24) is 0 Å². The lowest BCUT2D eigenvalue weighted by molar-refractivity contribution is 0.232. The highest BCUT2D eigenvalue weighted by Gasteiger charge is 1.98. The monoisotopic (exact) mass is 180 g/mol. The van der Waals surface area contributed by atoms with Crippen LogP contribution in [-0.4, -0.2) is 16.6 Å². The summed E-state index contributed by atoms with van der Waals surface area (Å²) in [5.41, 5.74) is 1.41. The van der Waals surface area contributed by atoms with Gasteiger partial charge in [-0.05, 0) is 25.3 Å². The molecule has 1 rings (SSSR count). The van der Waals surface area contributed by atoms with Crippen LogP contribution in [0.3, 0.4) is 0 Å². The molecule has 1 aromatic rings. The molecule has 0 saturated heterocycles. The average Bonchev–Trinajstić information content (AvgIpc) is 2.16. The number of rotatable bonds is 4. The normalized spacial score (nSPS) is 13.1. The van der Waals surface area contributed by atoms with Gasteiger partial charge in [0.15, 0.2) is 0 Å². The van der Waals surface area contributed by atoms with E-state index < -0.39 is 0 Å². The first kappa shape index (κ1) is 9.48. The number of hydrogen-bond acceptors (Lipinski definition) is 1. The van der Waals surface area contributed by atoms with Crippen molar-refractivity contribution >= 4 is 10.5 Å². The van der Waals surface area contributed by atoms with Gasteiger partial charge in [-0.15, -0.1) is 0 Å². The Labute approximate surface area is 77.3 Å². The molecule has 1 aromatic carbocycles. The van der Waals surface area contributed by atoms with Crippen LogP contribution in [0.25, 0.3) is 0 Å². The van der Waals surface area contributed by atoms with Gasteiger partial charge in [0.25, 0.3) is 0 Å². The van der Waals surface area contributed by atoms with Crippen molar-refractivity contribution in [2.45, 2.75) is 25.9 Å². The molecule has 0 aliphatic rings. The van der Waals surface area contributed by atoms with E-state index in [2.05, 4.69) is 37.3 Å². The van der Waals surface area contributed by atoms with E-state index in [0.29, 0.717) is 6.10 Å². The first-order valence-corrected chi connectivity index (χ1v) is 5.21. The van der Waals surface area contributed by atoms with E-state index in [-0.39, 0.29) is 0 Å². The van der Waals surface area contributed by atoms with E-state index in [1.165, 1.54) is 5.56 Å². The first-order valence-electron chi connectivity index (χ1n) is 4.39. The predicted octanol–water partition coefficient (Wildman–Crippen LogP) is 1.30. The molecule has 0 fully saturated rings. The number of benzene rings is 1. The van der Waals surface area contributed by atoms with Crippen molar-refractivity contribution in [3.63, 3.8) is 0 Å². The maximum atomic E-state index is 5.31. The molecular weight excluding hydrogens is 164 g/mol. The highest BCUT2D eigenvalue weighted by molar-refractivity contribution is 5.98. The van der Waals surface area contributed by atoms with Crippen LogP contribution in [0.5, 0.6) is 0 Å². The maximum Gasteiger partial charge on any atom is 0.146 e. The minimum atomic E-state index is 0.428. The fraction of sp³-hybridized carbons (Fsp3) is 0.400. The standard InChI is InChI=1S/C10H16OSi/c1-9(11-12)7-8-10-5-3-2-4-6-10/h2-6,9H,7-8H2,1,12H3. The van der Waals surface area contributed by atoms with Gasteiger partial charge in [-0.1, -0.05) is 30.3 Å². The number of hydrogen-bond donors (Lipinski definition) is 0. The van der Waals surface area contributed by atoms with Gasteiger partial charge in [-0.2, -0.15) is 0 Å².